The van der Waals surface area contributed by atoms with Crippen molar-refractivity contribution in [1.29, 1.82) is 0 Å². The van der Waals surface area contributed by atoms with E-state index in [0.29, 0.717) is 42.6 Å². The summed E-state index contributed by atoms with van der Waals surface area (Å²) in [5.41, 5.74) is -1.86. The molecule has 3 aromatic rings. The second-order valence-electron chi connectivity index (χ2n) is 8.49. The van der Waals surface area contributed by atoms with Gasteiger partial charge in [0.1, 0.15) is 5.82 Å². The lowest BCUT2D eigenvalue weighted by atomic mass is 9.90. The zero-order valence-corrected chi connectivity index (χ0v) is 20.7. The van der Waals surface area contributed by atoms with Crippen molar-refractivity contribution in [2.75, 3.05) is 29.4 Å². The predicted octanol–water partition coefficient (Wildman–Crippen LogP) is 5.46. The molecule has 4 heterocycles. The number of halogens is 4. The van der Waals surface area contributed by atoms with Crippen molar-refractivity contribution in [1.82, 2.24) is 15.0 Å². The number of alkyl halides is 4. The molecule has 2 aromatic heterocycles. The Labute approximate surface area is 200 Å². The number of hydrogen-bond donors (Lipinski definition) is 0. The molecule has 168 valence electrons. The fourth-order valence-corrected chi connectivity index (χ4v) is 4.97. The lowest BCUT2D eigenvalue weighted by molar-refractivity contribution is 0.102. The molecule has 2 saturated heterocycles. The standard InChI is InChI=1S/C22H22F3IN5P/c1-21(23,26)13-11-30(12-13)20-28-18-15(6-4-9-27-18)19(29-20)31-10-8-17(31)14-5-2-3-7-16(14)22(24,25)32/h2-7,9,13,17H,8,10-12,32H2,1H3. The summed E-state index contributed by atoms with van der Waals surface area (Å²) in [5.74, 6) is 1.08. The third-order valence-corrected chi connectivity index (χ3v) is 7.48. The van der Waals surface area contributed by atoms with Gasteiger partial charge in [-0.1, -0.05) is 33.5 Å². The summed E-state index contributed by atoms with van der Waals surface area (Å²) in [7, 11) is 1.64. The number of aromatic nitrogens is 3. The van der Waals surface area contributed by atoms with Crippen LogP contribution in [0.4, 0.5) is 24.9 Å². The number of pyridine rings is 1. The van der Waals surface area contributed by atoms with Gasteiger partial charge in [-0.15, -0.1) is 0 Å². The fraction of sp³-hybridized carbons (Fsp3) is 0.409. The predicted molar refractivity (Wildman–Crippen MR) is 131 cm³/mol. The lowest BCUT2D eigenvalue weighted by Crippen LogP contribution is -2.54. The van der Waals surface area contributed by atoms with E-state index in [-0.39, 0.29) is 17.5 Å². The minimum Gasteiger partial charge on any atom is -0.349 e. The highest BCUT2D eigenvalue weighted by Gasteiger charge is 2.42. The van der Waals surface area contributed by atoms with Gasteiger partial charge in [0, 0.05) is 37.3 Å². The third-order valence-electron chi connectivity index (χ3n) is 6.29. The van der Waals surface area contributed by atoms with Crippen LogP contribution in [0.15, 0.2) is 42.6 Å². The van der Waals surface area contributed by atoms with Crippen molar-refractivity contribution in [3.05, 3.63) is 53.7 Å². The lowest BCUT2D eigenvalue weighted by Gasteiger charge is -2.45. The molecule has 10 heteroatoms. The van der Waals surface area contributed by atoms with Gasteiger partial charge in [0.25, 0.3) is 5.66 Å². The van der Waals surface area contributed by atoms with E-state index in [0.717, 1.165) is 11.8 Å². The molecule has 0 spiro atoms. The average Bonchev–Trinajstić information content (AvgIpc) is 2.64. The average molecular weight is 571 g/mol. The summed E-state index contributed by atoms with van der Waals surface area (Å²) >= 11 is 1.83. The molecule has 32 heavy (non-hydrogen) atoms. The molecule has 2 fully saturated rings. The van der Waals surface area contributed by atoms with E-state index in [4.69, 9.17) is 4.98 Å². The first kappa shape index (κ1) is 22.1. The Bertz CT molecular complexity index is 1160. The molecule has 2 aliphatic heterocycles. The molecule has 5 rings (SSSR count). The first-order valence-corrected chi connectivity index (χ1v) is 12.1. The monoisotopic (exact) mass is 571 g/mol. The second-order valence-corrected chi connectivity index (χ2v) is 11.3. The quantitative estimate of drug-likeness (QED) is 0.232. The molecule has 0 radical (unpaired) electrons. The van der Waals surface area contributed by atoms with Gasteiger partial charge >= 0.3 is 0 Å². The molecule has 0 N–H and O–H groups in total. The minimum atomic E-state index is -3.01. The van der Waals surface area contributed by atoms with Crippen LogP contribution in [0.2, 0.25) is 0 Å². The summed E-state index contributed by atoms with van der Waals surface area (Å²) < 4.78 is 41.5. The summed E-state index contributed by atoms with van der Waals surface area (Å²) in [4.78, 5) is 17.8. The molecule has 0 amide bonds. The van der Waals surface area contributed by atoms with E-state index in [2.05, 4.69) is 9.97 Å². The van der Waals surface area contributed by atoms with Gasteiger partial charge < -0.3 is 9.80 Å². The molecule has 2 aliphatic rings. The maximum absolute atomic E-state index is 14.3. The van der Waals surface area contributed by atoms with Gasteiger partial charge in [-0.25, -0.2) is 9.37 Å². The summed E-state index contributed by atoms with van der Waals surface area (Å²) in [5, 5.41) is 0.775. The van der Waals surface area contributed by atoms with Gasteiger partial charge in [-0.3, -0.25) is 0 Å². The van der Waals surface area contributed by atoms with Gasteiger partial charge in [-0.2, -0.15) is 18.7 Å². The summed E-state index contributed by atoms with van der Waals surface area (Å²) in [6, 6.07) is 10.2. The number of nitrogens with zero attached hydrogens (tertiary/aromatic N) is 5. The molecule has 0 saturated carbocycles. The number of anilines is 2. The zero-order valence-electron chi connectivity index (χ0n) is 17.3. The van der Waals surface area contributed by atoms with Crippen molar-refractivity contribution in [3.63, 3.8) is 0 Å². The van der Waals surface area contributed by atoms with Crippen LogP contribution < -0.4 is 9.80 Å². The van der Waals surface area contributed by atoms with Crippen molar-refractivity contribution >= 4 is 54.6 Å². The molecule has 5 nitrogen and oxygen atoms in total. The summed E-state index contributed by atoms with van der Waals surface area (Å²) in [6.07, 6.45) is 2.42. The highest BCUT2D eigenvalue weighted by molar-refractivity contribution is 14.1. The molecular weight excluding hydrogens is 549 g/mol. The van der Waals surface area contributed by atoms with Crippen molar-refractivity contribution in [2.45, 2.75) is 28.7 Å². The first-order valence-electron chi connectivity index (χ1n) is 10.4. The maximum atomic E-state index is 14.3. The Morgan fingerprint density at radius 3 is 2.50 bits per heavy atom. The van der Waals surface area contributed by atoms with E-state index in [1.54, 1.807) is 40.6 Å². The van der Waals surface area contributed by atoms with E-state index in [1.807, 2.05) is 44.5 Å². The highest BCUT2D eigenvalue weighted by atomic mass is 127. The van der Waals surface area contributed by atoms with Crippen LogP contribution in [0.1, 0.15) is 30.5 Å². The number of fused-ring (bicyclic) bond motifs is 1. The molecule has 1 aromatic carbocycles. The van der Waals surface area contributed by atoms with Gasteiger partial charge in [0.05, 0.1) is 11.4 Å². The van der Waals surface area contributed by atoms with Crippen LogP contribution in [0.5, 0.6) is 0 Å². The topological polar surface area (TPSA) is 45.2 Å². The Balaban J connectivity index is 1.52. The number of rotatable bonds is 5. The minimum absolute atomic E-state index is 0.00581. The molecule has 0 aliphatic carbocycles. The van der Waals surface area contributed by atoms with E-state index in [9.17, 15) is 13.2 Å². The Hall–Kier alpha value is -1.74. The van der Waals surface area contributed by atoms with Crippen LogP contribution in [0, 0.1) is 5.92 Å². The largest absolute Gasteiger partial charge is 0.349 e. The van der Waals surface area contributed by atoms with Crippen LogP contribution in [0.3, 0.4) is 0 Å². The van der Waals surface area contributed by atoms with Crippen LogP contribution in [-0.4, -0.2) is 38.3 Å². The van der Waals surface area contributed by atoms with Crippen molar-refractivity contribution < 1.29 is 13.2 Å². The normalized spacial score (nSPS) is 21.2. The van der Waals surface area contributed by atoms with Gasteiger partial charge in [0.2, 0.25) is 5.95 Å². The SMILES string of the molecule is CC(F)(I)C1CN(c2nc(N3CCC3c3ccccc3C(F)(F)P)c3cccnc3n2)C1. The zero-order chi connectivity index (χ0) is 22.7. The highest BCUT2D eigenvalue weighted by Crippen LogP contribution is 2.46. The van der Waals surface area contributed by atoms with Gasteiger partial charge in [-0.05, 0) is 53.6 Å². The Morgan fingerprint density at radius 2 is 1.84 bits per heavy atom. The number of hydrogen-bond acceptors (Lipinski definition) is 5. The second kappa shape index (κ2) is 7.94. The van der Waals surface area contributed by atoms with Crippen molar-refractivity contribution in [3.8, 4) is 0 Å². The smallest absolute Gasteiger partial charge is 0.284 e. The molecule has 0 bridgehead atoms. The number of benzene rings is 1. The summed E-state index contributed by atoms with van der Waals surface area (Å²) in [6.45, 7) is 3.33. The van der Waals surface area contributed by atoms with Crippen LogP contribution in [0.25, 0.3) is 11.0 Å². The van der Waals surface area contributed by atoms with Gasteiger partial charge in [0.15, 0.2) is 9.32 Å². The molecular formula is C22H22F3IN5P. The van der Waals surface area contributed by atoms with E-state index >= 15 is 0 Å². The van der Waals surface area contributed by atoms with E-state index in [1.165, 1.54) is 6.07 Å². The molecule has 3 unspecified atom stereocenters. The van der Waals surface area contributed by atoms with Crippen LogP contribution in [-0.2, 0) is 5.66 Å². The maximum Gasteiger partial charge on any atom is 0.284 e. The van der Waals surface area contributed by atoms with E-state index < -0.39 is 9.34 Å². The first-order chi connectivity index (χ1) is 15.1. The Kier molecular flexibility index (Phi) is 5.47. The third kappa shape index (κ3) is 3.91. The Morgan fingerprint density at radius 1 is 1.09 bits per heavy atom. The van der Waals surface area contributed by atoms with Crippen LogP contribution >= 0.6 is 31.8 Å². The fourth-order valence-electron chi connectivity index (χ4n) is 4.31. The van der Waals surface area contributed by atoms with Crippen molar-refractivity contribution in [2.24, 2.45) is 5.92 Å². The molecule has 3 atom stereocenters.